The van der Waals surface area contributed by atoms with Crippen molar-refractivity contribution in [3.05, 3.63) is 53.0 Å². The highest BCUT2D eigenvalue weighted by atomic mass is 32.2. The fourth-order valence-electron chi connectivity index (χ4n) is 1.53. The molecule has 0 saturated heterocycles. The second-order valence-corrected chi connectivity index (χ2v) is 4.14. The molecule has 0 saturated carbocycles. The zero-order valence-corrected chi connectivity index (χ0v) is 8.96. The standard InChI is InChI=1S/C12H11NOS/c13-12(14)11-4-2-1-3-10(11)9-5-7-15-8-6-9/h1-7H,8H2,(H2,13,14). The number of primary amides is 1. The number of hydrogen-bond donors (Lipinski definition) is 1. The number of nitrogens with two attached hydrogens (primary N) is 1. The summed E-state index contributed by atoms with van der Waals surface area (Å²) in [6, 6.07) is 7.42. The molecule has 15 heavy (non-hydrogen) atoms. The van der Waals surface area contributed by atoms with Crippen LogP contribution in [0.4, 0.5) is 0 Å². The van der Waals surface area contributed by atoms with Crippen molar-refractivity contribution in [2.45, 2.75) is 0 Å². The van der Waals surface area contributed by atoms with Gasteiger partial charge in [0.25, 0.3) is 0 Å². The van der Waals surface area contributed by atoms with Gasteiger partial charge in [-0.25, -0.2) is 0 Å². The lowest BCUT2D eigenvalue weighted by Gasteiger charge is -2.10. The minimum atomic E-state index is -0.377. The maximum Gasteiger partial charge on any atom is 0.249 e. The predicted octanol–water partition coefficient (Wildman–Crippen LogP) is 2.43. The van der Waals surface area contributed by atoms with Crippen LogP contribution in [-0.4, -0.2) is 11.7 Å². The van der Waals surface area contributed by atoms with Gasteiger partial charge in [0, 0.05) is 11.3 Å². The van der Waals surface area contributed by atoms with Gasteiger partial charge in [0.1, 0.15) is 0 Å². The van der Waals surface area contributed by atoms with E-state index in [1.165, 1.54) is 0 Å². The fraction of sp³-hybridized carbons (Fsp3) is 0.0833. The first-order chi connectivity index (χ1) is 7.29. The number of allylic oxidation sites excluding steroid dienone is 2. The molecule has 0 fully saturated rings. The first-order valence-corrected chi connectivity index (χ1v) is 5.71. The average Bonchev–Trinajstić information content (AvgIpc) is 2.30. The third kappa shape index (κ3) is 2.13. The number of benzene rings is 1. The molecule has 2 N–H and O–H groups in total. The van der Waals surface area contributed by atoms with E-state index in [2.05, 4.69) is 6.08 Å². The zero-order valence-electron chi connectivity index (χ0n) is 8.14. The lowest BCUT2D eigenvalue weighted by molar-refractivity contribution is 0.1000. The van der Waals surface area contributed by atoms with E-state index >= 15 is 0 Å². The molecule has 0 unspecified atom stereocenters. The molecule has 2 nitrogen and oxygen atoms in total. The molecular weight excluding hydrogens is 206 g/mol. The molecule has 2 rings (SSSR count). The highest BCUT2D eigenvalue weighted by molar-refractivity contribution is 8.02. The van der Waals surface area contributed by atoms with Gasteiger partial charge in [0.05, 0.1) is 0 Å². The van der Waals surface area contributed by atoms with Crippen LogP contribution in [0.15, 0.2) is 41.8 Å². The van der Waals surface area contributed by atoms with Crippen LogP contribution >= 0.6 is 11.8 Å². The smallest absolute Gasteiger partial charge is 0.249 e. The summed E-state index contributed by atoms with van der Waals surface area (Å²) < 4.78 is 0. The summed E-state index contributed by atoms with van der Waals surface area (Å²) in [7, 11) is 0. The minimum Gasteiger partial charge on any atom is -0.366 e. The average molecular weight is 217 g/mol. The largest absolute Gasteiger partial charge is 0.366 e. The highest BCUT2D eigenvalue weighted by Gasteiger charge is 2.10. The lowest BCUT2D eigenvalue weighted by atomic mass is 9.99. The van der Waals surface area contributed by atoms with Gasteiger partial charge in [-0.05, 0) is 28.7 Å². The van der Waals surface area contributed by atoms with E-state index < -0.39 is 0 Å². The third-order valence-electron chi connectivity index (χ3n) is 2.25. The number of thioether (sulfide) groups is 1. The predicted molar refractivity (Wildman–Crippen MR) is 64.5 cm³/mol. The van der Waals surface area contributed by atoms with E-state index in [4.69, 9.17) is 5.73 Å². The first-order valence-electron chi connectivity index (χ1n) is 4.66. The Bertz CT molecular complexity index is 449. The maximum absolute atomic E-state index is 11.2. The third-order valence-corrected chi connectivity index (χ3v) is 2.93. The first kappa shape index (κ1) is 10.1. The molecule has 0 atom stereocenters. The van der Waals surface area contributed by atoms with Crippen molar-refractivity contribution in [3.63, 3.8) is 0 Å². The normalized spacial score (nSPS) is 14.8. The van der Waals surface area contributed by atoms with E-state index in [9.17, 15) is 4.79 Å². The summed E-state index contributed by atoms with van der Waals surface area (Å²) in [6.07, 6.45) is 4.11. The quantitative estimate of drug-likeness (QED) is 0.826. The monoisotopic (exact) mass is 217 g/mol. The molecule has 0 spiro atoms. The topological polar surface area (TPSA) is 43.1 Å². The van der Waals surface area contributed by atoms with Gasteiger partial charge in [-0.3, -0.25) is 4.79 Å². The van der Waals surface area contributed by atoms with Crippen molar-refractivity contribution < 1.29 is 4.79 Å². The van der Waals surface area contributed by atoms with Crippen molar-refractivity contribution in [2.75, 3.05) is 5.75 Å². The SMILES string of the molecule is NC(=O)c1ccccc1C1=CCSC=C1. The molecule has 1 amide bonds. The van der Waals surface area contributed by atoms with Crippen LogP contribution in [-0.2, 0) is 0 Å². The lowest BCUT2D eigenvalue weighted by Crippen LogP contribution is -2.13. The van der Waals surface area contributed by atoms with Crippen molar-refractivity contribution in [2.24, 2.45) is 5.73 Å². The molecule has 1 aromatic carbocycles. The molecule has 1 aromatic rings. The molecule has 0 bridgehead atoms. The van der Waals surface area contributed by atoms with Gasteiger partial charge in [-0.1, -0.05) is 24.3 Å². The molecule has 0 radical (unpaired) electrons. The summed E-state index contributed by atoms with van der Waals surface area (Å²) in [4.78, 5) is 11.2. The van der Waals surface area contributed by atoms with Gasteiger partial charge >= 0.3 is 0 Å². The molecule has 1 aliphatic rings. The number of carbonyl (C=O) groups excluding carboxylic acids is 1. The zero-order chi connectivity index (χ0) is 10.7. The Balaban J connectivity index is 2.47. The fourth-order valence-corrected chi connectivity index (χ4v) is 2.16. The summed E-state index contributed by atoms with van der Waals surface area (Å²) in [5, 5.41) is 2.03. The van der Waals surface area contributed by atoms with E-state index in [-0.39, 0.29) is 5.91 Å². The molecular formula is C12H11NOS. The summed E-state index contributed by atoms with van der Waals surface area (Å²) in [6.45, 7) is 0. The second-order valence-electron chi connectivity index (χ2n) is 3.21. The second kappa shape index (κ2) is 4.36. The number of rotatable bonds is 2. The highest BCUT2D eigenvalue weighted by Crippen LogP contribution is 2.25. The Morgan fingerprint density at radius 3 is 2.80 bits per heavy atom. The Morgan fingerprint density at radius 1 is 1.33 bits per heavy atom. The van der Waals surface area contributed by atoms with E-state index in [0.29, 0.717) is 5.56 Å². The van der Waals surface area contributed by atoms with Gasteiger partial charge in [0.15, 0.2) is 0 Å². The van der Waals surface area contributed by atoms with Crippen molar-refractivity contribution in [3.8, 4) is 0 Å². The Labute approximate surface area is 92.9 Å². The number of carbonyl (C=O) groups is 1. The van der Waals surface area contributed by atoms with Crippen LogP contribution in [0.1, 0.15) is 15.9 Å². The van der Waals surface area contributed by atoms with Gasteiger partial charge in [0.2, 0.25) is 5.91 Å². The van der Waals surface area contributed by atoms with E-state index in [0.717, 1.165) is 16.9 Å². The number of amides is 1. The Morgan fingerprint density at radius 2 is 2.13 bits per heavy atom. The van der Waals surface area contributed by atoms with Gasteiger partial charge < -0.3 is 5.73 Å². The molecule has 76 valence electrons. The molecule has 0 aromatic heterocycles. The van der Waals surface area contributed by atoms with Crippen LogP contribution in [0.2, 0.25) is 0 Å². The maximum atomic E-state index is 11.2. The van der Waals surface area contributed by atoms with Gasteiger partial charge in [-0.15, -0.1) is 11.8 Å². The number of hydrogen-bond acceptors (Lipinski definition) is 2. The Kier molecular flexibility index (Phi) is 2.92. The van der Waals surface area contributed by atoms with Gasteiger partial charge in [-0.2, -0.15) is 0 Å². The van der Waals surface area contributed by atoms with Crippen LogP contribution < -0.4 is 5.73 Å². The molecule has 3 heteroatoms. The Hall–Kier alpha value is -1.48. The van der Waals surface area contributed by atoms with E-state index in [1.807, 2.05) is 29.7 Å². The van der Waals surface area contributed by atoms with Crippen LogP contribution in [0.25, 0.3) is 5.57 Å². The van der Waals surface area contributed by atoms with Crippen LogP contribution in [0.3, 0.4) is 0 Å². The summed E-state index contributed by atoms with van der Waals surface area (Å²) in [5.41, 5.74) is 7.90. The van der Waals surface area contributed by atoms with E-state index in [1.54, 1.807) is 17.8 Å². The molecule has 1 aliphatic heterocycles. The van der Waals surface area contributed by atoms with Crippen molar-refractivity contribution >= 4 is 23.2 Å². The molecule has 1 heterocycles. The van der Waals surface area contributed by atoms with Crippen molar-refractivity contribution in [1.82, 2.24) is 0 Å². The minimum absolute atomic E-state index is 0.377. The van der Waals surface area contributed by atoms with Crippen LogP contribution in [0, 0.1) is 0 Å². The molecule has 0 aliphatic carbocycles. The van der Waals surface area contributed by atoms with Crippen LogP contribution in [0.5, 0.6) is 0 Å². The van der Waals surface area contributed by atoms with Crippen molar-refractivity contribution in [1.29, 1.82) is 0 Å². The summed E-state index contributed by atoms with van der Waals surface area (Å²) >= 11 is 1.73. The summed E-state index contributed by atoms with van der Waals surface area (Å²) in [5.74, 6) is 0.567.